The van der Waals surface area contributed by atoms with Gasteiger partial charge in [0.15, 0.2) is 6.29 Å². The number of aldehydes is 1. The minimum absolute atomic E-state index is 0.0452. The quantitative estimate of drug-likeness (QED) is 0.507. The molecule has 3 nitrogen and oxygen atoms in total. The van der Waals surface area contributed by atoms with Crippen LogP contribution in [0, 0.1) is 0 Å². The highest BCUT2D eigenvalue weighted by Gasteiger charge is 2.26. The molecule has 3 heteroatoms. The Morgan fingerprint density at radius 2 is 1.62 bits per heavy atom. The highest BCUT2D eigenvalue weighted by Crippen LogP contribution is 2.32. The highest BCUT2D eigenvalue weighted by molar-refractivity contribution is 5.80. The SMILES string of the molecule is CCCC[N+](C)(CCCC)Cc1cc(C(C)(C)C)cc(C=O)c1O. The molecular weight excluding hydrogens is 298 g/mol. The molecule has 0 fully saturated rings. The zero-order valence-corrected chi connectivity index (χ0v) is 16.5. The Kier molecular flexibility index (Phi) is 7.47. The van der Waals surface area contributed by atoms with Gasteiger partial charge in [0, 0.05) is 5.56 Å². The number of quaternary nitrogens is 1. The van der Waals surface area contributed by atoms with Crippen molar-refractivity contribution in [2.45, 2.75) is 72.3 Å². The summed E-state index contributed by atoms with van der Waals surface area (Å²) in [6.07, 6.45) is 5.48. The number of nitrogens with zero attached hydrogens (tertiary/aromatic N) is 1. The number of hydrogen-bond acceptors (Lipinski definition) is 2. The minimum Gasteiger partial charge on any atom is -0.507 e. The van der Waals surface area contributed by atoms with Crippen molar-refractivity contribution < 1.29 is 14.4 Å². The van der Waals surface area contributed by atoms with E-state index in [2.05, 4.69) is 47.7 Å². The van der Waals surface area contributed by atoms with Crippen molar-refractivity contribution in [3.05, 3.63) is 28.8 Å². The van der Waals surface area contributed by atoms with Crippen molar-refractivity contribution >= 4 is 6.29 Å². The molecule has 0 heterocycles. The number of benzene rings is 1. The van der Waals surface area contributed by atoms with Gasteiger partial charge in [0.25, 0.3) is 0 Å². The van der Waals surface area contributed by atoms with Crippen LogP contribution in [0.25, 0.3) is 0 Å². The van der Waals surface area contributed by atoms with E-state index >= 15 is 0 Å². The number of phenols is 1. The monoisotopic (exact) mass is 334 g/mol. The molecule has 0 atom stereocenters. The van der Waals surface area contributed by atoms with Crippen molar-refractivity contribution in [3.8, 4) is 5.75 Å². The number of phenolic OH excluding ortho intramolecular Hbond substituents is 1. The second-order valence-corrected chi connectivity index (χ2v) is 8.37. The maximum Gasteiger partial charge on any atom is 0.153 e. The fourth-order valence-corrected chi connectivity index (χ4v) is 3.12. The molecule has 0 amide bonds. The van der Waals surface area contributed by atoms with E-state index in [1.165, 1.54) is 25.7 Å². The van der Waals surface area contributed by atoms with Gasteiger partial charge in [0.05, 0.1) is 25.7 Å². The molecule has 0 aliphatic rings. The molecule has 1 rings (SSSR count). The van der Waals surface area contributed by atoms with Crippen LogP contribution < -0.4 is 0 Å². The van der Waals surface area contributed by atoms with E-state index in [4.69, 9.17) is 0 Å². The van der Waals surface area contributed by atoms with Crippen molar-refractivity contribution in [3.63, 3.8) is 0 Å². The summed E-state index contributed by atoms with van der Waals surface area (Å²) < 4.78 is 0.918. The third kappa shape index (κ3) is 5.62. The van der Waals surface area contributed by atoms with Crippen LogP contribution in [0.4, 0.5) is 0 Å². The molecule has 0 unspecified atom stereocenters. The molecule has 1 aromatic rings. The molecule has 1 aromatic carbocycles. The summed E-state index contributed by atoms with van der Waals surface area (Å²) in [6.45, 7) is 13.8. The zero-order valence-electron chi connectivity index (χ0n) is 16.5. The second-order valence-electron chi connectivity index (χ2n) is 8.37. The largest absolute Gasteiger partial charge is 0.507 e. The Bertz CT molecular complexity index is 536. The Morgan fingerprint density at radius 1 is 1.08 bits per heavy atom. The molecule has 0 saturated heterocycles. The number of rotatable bonds is 9. The van der Waals surface area contributed by atoms with Gasteiger partial charge in [0.2, 0.25) is 0 Å². The summed E-state index contributed by atoms with van der Waals surface area (Å²) >= 11 is 0. The minimum atomic E-state index is -0.0452. The second kappa shape index (κ2) is 8.66. The zero-order chi connectivity index (χ0) is 18.4. The first-order valence-corrected chi connectivity index (χ1v) is 9.32. The van der Waals surface area contributed by atoms with Gasteiger partial charge in [-0.1, -0.05) is 47.5 Å². The fraction of sp³-hybridized carbons (Fsp3) is 0.667. The van der Waals surface area contributed by atoms with Gasteiger partial charge < -0.3 is 9.59 Å². The summed E-state index contributed by atoms with van der Waals surface area (Å²) in [6, 6.07) is 3.92. The van der Waals surface area contributed by atoms with Crippen LogP contribution in [-0.2, 0) is 12.0 Å². The van der Waals surface area contributed by atoms with Gasteiger partial charge in [-0.05, 0) is 36.0 Å². The smallest absolute Gasteiger partial charge is 0.153 e. The van der Waals surface area contributed by atoms with Crippen LogP contribution in [0.15, 0.2) is 12.1 Å². The molecule has 24 heavy (non-hydrogen) atoms. The number of aromatic hydroxyl groups is 1. The lowest BCUT2D eigenvalue weighted by Crippen LogP contribution is -2.44. The predicted octanol–water partition coefficient (Wildman–Crippen LogP) is 5.05. The van der Waals surface area contributed by atoms with Crippen molar-refractivity contribution in [1.82, 2.24) is 0 Å². The number of carbonyl (C=O) groups is 1. The molecule has 1 N–H and O–H groups in total. The first-order valence-electron chi connectivity index (χ1n) is 9.32. The molecule has 0 aliphatic heterocycles. The van der Waals surface area contributed by atoms with E-state index in [-0.39, 0.29) is 11.2 Å². The van der Waals surface area contributed by atoms with Crippen LogP contribution in [0.3, 0.4) is 0 Å². The van der Waals surface area contributed by atoms with Gasteiger partial charge >= 0.3 is 0 Å². The molecule has 0 spiro atoms. The maximum absolute atomic E-state index is 11.4. The van der Waals surface area contributed by atoms with Crippen LogP contribution in [0.2, 0.25) is 0 Å². The van der Waals surface area contributed by atoms with E-state index < -0.39 is 0 Å². The van der Waals surface area contributed by atoms with E-state index in [0.717, 1.165) is 41.5 Å². The topological polar surface area (TPSA) is 37.3 Å². The third-order valence-electron chi connectivity index (χ3n) is 4.87. The molecular formula is C21H36NO2+. The summed E-state index contributed by atoms with van der Waals surface area (Å²) in [4.78, 5) is 11.4. The Balaban J connectivity index is 3.23. The van der Waals surface area contributed by atoms with Gasteiger partial charge in [-0.3, -0.25) is 4.79 Å². The predicted molar refractivity (Wildman–Crippen MR) is 102 cm³/mol. The van der Waals surface area contributed by atoms with Gasteiger partial charge in [-0.25, -0.2) is 0 Å². The Hall–Kier alpha value is -1.35. The van der Waals surface area contributed by atoms with Gasteiger partial charge in [-0.15, -0.1) is 0 Å². The molecule has 0 aromatic heterocycles. The lowest BCUT2D eigenvalue weighted by atomic mass is 9.84. The first-order chi connectivity index (χ1) is 11.2. The maximum atomic E-state index is 11.4. The summed E-state index contributed by atoms with van der Waals surface area (Å²) in [5.74, 6) is 0.162. The third-order valence-corrected chi connectivity index (χ3v) is 4.87. The summed E-state index contributed by atoms with van der Waals surface area (Å²) in [5.41, 5.74) is 2.38. The Morgan fingerprint density at radius 3 is 2.04 bits per heavy atom. The first kappa shape index (κ1) is 20.7. The van der Waals surface area contributed by atoms with Gasteiger partial charge in [-0.2, -0.15) is 0 Å². The molecule has 0 saturated carbocycles. The van der Waals surface area contributed by atoms with Gasteiger partial charge in [0.1, 0.15) is 12.3 Å². The van der Waals surface area contributed by atoms with E-state index in [0.29, 0.717) is 5.56 Å². The summed E-state index contributed by atoms with van der Waals surface area (Å²) in [7, 11) is 2.27. The van der Waals surface area contributed by atoms with Crippen LogP contribution in [-0.4, -0.2) is 36.0 Å². The number of unbranched alkanes of at least 4 members (excludes halogenated alkanes) is 2. The molecule has 136 valence electrons. The number of hydrogen-bond donors (Lipinski definition) is 1. The van der Waals surface area contributed by atoms with E-state index in [9.17, 15) is 9.90 Å². The van der Waals surface area contributed by atoms with E-state index in [1.807, 2.05) is 6.07 Å². The van der Waals surface area contributed by atoms with Crippen molar-refractivity contribution in [2.75, 3.05) is 20.1 Å². The summed E-state index contributed by atoms with van der Waals surface area (Å²) in [5, 5.41) is 10.6. The molecule has 0 aliphatic carbocycles. The molecule has 0 bridgehead atoms. The van der Waals surface area contributed by atoms with Crippen LogP contribution >= 0.6 is 0 Å². The van der Waals surface area contributed by atoms with Crippen LogP contribution in [0.5, 0.6) is 5.75 Å². The van der Waals surface area contributed by atoms with Crippen molar-refractivity contribution in [2.24, 2.45) is 0 Å². The molecule has 0 radical (unpaired) electrons. The van der Waals surface area contributed by atoms with Crippen molar-refractivity contribution in [1.29, 1.82) is 0 Å². The Labute approximate surface area is 148 Å². The van der Waals surface area contributed by atoms with Crippen LogP contribution in [0.1, 0.15) is 81.8 Å². The lowest BCUT2D eigenvalue weighted by molar-refractivity contribution is -0.923. The lowest BCUT2D eigenvalue weighted by Gasteiger charge is -2.35. The standard InChI is InChI=1S/C21H35NO2/c1-7-9-11-22(6,12-10-8-2)15-17-13-19(21(3,4)5)14-18(16-23)20(17)24/h13-14,16H,7-12,15H2,1-6H3/p+1. The fourth-order valence-electron chi connectivity index (χ4n) is 3.12. The highest BCUT2D eigenvalue weighted by atomic mass is 16.3. The average Bonchev–Trinajstić information content (AvgIpc) is 2.52. The van der Waals surface area contributed by atoms with E-state index in [1.54, 1.807) is 0 Å². The number of carbonyl (C=O) groups excluding carboxylic acids is 1. The normalized spacial score (nSPS) is 12.4. The average molecular weight is 335 g/mol.